The first-order valence-corrected chi connectivity index (χ1v) is 5.09. The van der Waals surface area contributed by atoms with Gasteiger partial charge in [0.05, 0.1) is 12.3 Å². The topological polar surface area (TPSA) is 38.0 Å². The number of hydrogen-bond acceptors (Lipinski definition) is 2. The van der Waals surface area contributed by atoms with E-state index in [2.05, 4.69) is 5.10 Å². The number of aliphatic hydroxyl groups is 1. The van der Waals surface area contributed by atoms with Crippen molar-refractivity contribution in [1.29, 1.82) is 0 Å². The van der Waals surface area contributed by atoms with Gasteiger partial charge < -0.3 is 5.11 Å². The van der Waals surface area contributed by atoms with Crippen molar-refractivity contribution in [2.75, 3.05) is 0 Å². The lowest BCUT2D eigenvalue weighted by molar-refractivity contribution is 0.202. The highest BCUT2D eigenvalue weighted by molar-refractivity contribution is 5.19. The van der Waals surface area contributed by atoms with Gasteiger partial charge in [-0.05, 0) is 31.2 Å². The van der Waals surface area contributed by atoms with E-state index in [1.165, 1.54) is 11.1 Å². The Morgan fingerprint density at radius 3 is 3.14 bits per heavy atom. The van der Waals surface area contributed by atoms with Gasteiger partial charge in [0, 0.05) is 13.2 Å². The smallest absolute Gasteiger partial charge is 0.0723 e. The number of rotatable bonds is 2. The molecule has 1 aromatic heterocycles. The summed E-state index contributed by atoms with van der Waals surface area (Å²) in [5.41, 5.74) is 2.57. The largest absolute Gasteiger partial charge is 0.389 e. The summed E-state index contributed by atoms with van der Waals surface area (Å²) < 4.78 is 1.81. The van der Waals surface area contributed by atoms with Gasteiger partial charge in [-0.15, -0.1) is 0 Å². The van der Waals surface area contributed by atoms with Crippen LogP contribution in [0, 0.1) is 0 Å². The van der Waals surface area contributed by atoms with E-state index in [0.29, 0.717) is 0 Å². The minimum absolute atomic E-state index is 0.226. The molecule has 0 saturated heterocycles. The van der Waals surface area contributed by atoms with Crippen LogP contribution in [0.4, 0.5) is 0 Å². The number of aliphatic hydroxyl groups excluding tert-OH is 1. The van der Waals surface area contributed by atoms with Gasteiger partial charge in [-0.3, -0.25) is 4.68 Å². The minimum Gasteiger partial charge on any atom is -0.389 e. The second-order valence-corrected chi connectivity index (χ2v) is 3.98. The molecule has 0 fully saturated rings. The van der Waals surface area contributed by atoms with E-state index in [-0.39, 0.29) is 6.10 Å². The fraction of sp³-hybridized carbons (Fsp3) is 0.545. The third kappa shape index (κ3) is 2.23. The van der Waals surface area contributed by atoms with E-state index in [0.717, 1.165) is 25.7 Å². The zero-order chi connectivity index (χ0) is 9.97. The highest BCUT2D eigenvalue weighted by Gasteiger charge is 2.11. The Hall–Kier alpha value is -1.09. The van der Waals surface area contributed by atoms with Crippen LogP contribution >= 0.6 is 0 Å². The lowest BCUT2D eigenvalue weighted by Gasteiger charge is -2.16. The first-order valence-electron chi connectivity index (χ1n) is 5.09. The van der Waals surface area contributed by atoms with Gasteiger partial charge in [0.25, 0.3) is 0 Å². The van der Waals surface area contributed by atoms with Crippen LogP contribution in [0.15, 0.2) is 24.0 Å². The number of aryl methyl sites for hydroxylation is 1. The number of allylic oxidation sites excluding steroid dienone is 1. The molecule has 0 amide bonds. The summed E-state index contributed by atoms with van der Waals surface area (Å²) in [5, 5.41) is 13.6. The van der Waals surface area contributed by atoms with Gasteiger partial charge in [0.2, 0.25) is 0 Å². The van der Waals surface area contributed by atoms with Gasteiger partial charge in [0.1, 0.15) is 0 Å². The highest BCUT2D eigenvalue weighted by atomic mass is 16.3. The van der Waals surface area contributed by atoms with Crippen molar-refractivity contribution >= 4 is 0 Å². The quantitative estimate of drug-likeness (QED) is 0.720. The molecule has 1 aliphatic carbocycles. The van der Waals surface area contributed by atoms with E-state index in [9.17, 15) is 5.11 Å². The minimum atomic E-state index is -0.226. The Bertz CT molecular complexity index is 341. The van der Waals surface area contributed by atoms with Crippen LogP contribution < -0.4 is 0 Å². The lowest BCUT2D eigenvalue weighted by Crippen LogP contribution is -2.09. The van der Waals surface area contributed by atoms with Crippen molar-refractivity contribution in [3.05, 3.63) is 29.6 Å². The molecule has 0 radical (unpaired) electrons. The second kappa shape index (κ2) is 3.96. The fourth-order valence-corrected chi connectivity index (χ4v) is 1.95. The molecule has 3 nitrogen and oxygen atoms in total. The maximum Gasteiger partial charge on any atom is 0.0723 e. The van der Waals surface area contributed by atoms with E-state index in [1.807, 2.05) is 30.2 Å². The molecule has 0 bridgehead atoms. The maximum absolute atomic E-state index is 9.47. The van der Waals surface area contributed by atoms with E-state index >= 15 is 0 Å². The van der Waals surface area contributed by atoms with Crippen molar-refractivity contribution in [3.8, 4) is 0 Å². The molecule has 1 atom stereocenters. The zero-order valence-corrected chi connectivity index (χ0v) is 8.48. The van der Waals surface area contributed by atoms with Gasteiger partial charge in [-0.2, -0.15) is 5.10 Å². The van der Waals surface area contributed by atoms with Crippen molar-refractivity contribution in [2.45, 2.75) is 31.8 Å². The Morgan fingerprint density at radius 1 is 1.64 bits per heavy atom. The molecule has 76 valence electrons. The summed E-state index contributed by atoms with van der Waals surface area (Å²) in [4.78, 5) is 0. The molecule has 1 unspecified atom stereocenters. The summed E-state index contributed by atoms with van der Waals surface area (Å²) in [6, 6.07) is 0. The Morgan fingerprint density at radius 2 is 2.50 bits per heavy atom. The van der Waals surface area contributed by atoms with Crippen LogP contribution in [0.1, 0.15) is 24.8 Å². The lowest BCUT2D eigenvalue weighted by atomic mass is 9.94. The third-order valence-electron chi connectivity index (χ3n) is 2.62. The molecule has 0 saturated carbocycles. The fourth-order valence-electron chi connectivity index (χ4n) is 1.95. The molecule has 0 aromatic carbocycles. The van der Waals surface area contributed by atoms with Gasteiger partial charge in [-0.1, -0.05) is 11.6 Å². The molecule has 0 spiro atoms. The van der Waals surface area contributed by atoms with Crippen molar-refractivity contribution in [1.82, 2.24) is 9.78 Å². The third-order valence-corrected chi connectivity index (χ3v) is 2.62. The summed E-state index contributed by atoms with van der Waals surface area (Å²) in [6.45, 7) is 0. The molecule has 1 aromatic rings. The standard InChI is InChI=1S/C11H16N2O/c1-13-8-10(7-12-13)5-9-3-2-4-11(14)6-9/h6-8,11,14H,2-5H2,1H3. The van der Waals surface area contributed by atoms with Crippen molar-refractivity contribution < 1.29 is 5.11 Å². The summed E-state index contributed by atoms with van der Waals surface area (Å²) >= 11 is 0. The summed E-state index contributed by atoms with van der Waals surface area (Å²) in [7, 11) is 1.92. The normalized spacial score (nSPS) is 22.1. The number of nitrogens with zero attached hydrogens (tertiary/aromatic N) is 2. The Kier molecular flexibility index (Phi) is 2.68. The summed E-state index contributed by atoms with van der Waals surface area (Å²) in [5.74, 6) is 0. The Balaban J connectivity index is 2.03. The van der Waals surface area contributed by atoms with Crippen LogP contribution in [0.25, 0.3) is 0 Å². The zero-order valence-electron chi connectivity index (χ0n) is 8.48. The first kappa shape index (κ1) is 9.46. The molecule has 2 rings (SSSR count). The van der Waals surface area contributed by atoms with Crippen LogP contribution in [0.3, 0.4) is 0 Å². The van der Waals surface area contributed by atoms with Crippen LogP contribution in [-0.2, 0) is 13.5 Å². The maximum atomic E-state index is 9.47. The second-order valence-electron chi connectivity index (χ2n) is 3.98. The molecule has 14 heavy (non-hydrogen) atoms. The van der Waals surface area contributed by atoms with Crippen molar-refractivity contribution in [3.63, 3.8) is 0 Å². The molecule has 1 aliphatic rings. The van der Waals surface area contributed by atoms with E-state index in [4.69, 9.17) is 0 Å². The monoisotopic (exact) mass is 192 g/mol. The van der Waals surface area contributed by atoms with Crippen LogP contribution in [0.5, 0.6) is 0 Å². The molecular weight excluding hydrogens is 176 g/mol. The SMILES string of the molecule is Cn1cc(CC2=CC(O)CCC2)cn1. The predicted octanol–water partition coefficient (Wildman–Crippen LogP) is 1.43. The molecule has 0 aliphatic heterocycles. The molecular formula is C11H16N2O. The average Bonchev–Trinajstić information content (AvgIpc) is 2.51. The van der Waals surface area contributed by atoms with E-state index in [1.54, 1.807) is 0 Å². The average molecular weight is 192 g/mol. The molecule has 3 heteroatoms. The number of aromatic nitrogens is 2. The Labute approximate surface area is 84.1 Å². The molecule has 1 heterocycles. The molecule has 1 N–H and O–H groups in total. The first-order chi connectivity index (χ1) is 6.74. The highest BCUT2D eigenvalue weighted by Crippen LogP contribution is 2.21. The van der Waals surface area contributed by atoms with Gasteiger partial charge in [0.15, 0.2) is 0 Å². The van der Waals surface area contributed by atoms with E-state index < -0.39 is 0 Å². The van der Waals surface area contributed by atoms with Gasteiger partial charge >= 0.3 is 0 Å². The number of hydrogen-bond donors (Lipinski definition) is 1. The summed E-state index contributed by atoms with van der Waals surface area (Å²) in [6.07, 6.45) is 9.76. The van der Waals surface area contributed by atoms with Gasteiger partial charge in [-0.25, -0.2) is 0 Å². The van der Waals surface area contributed by atoms with Crippen molar-refractivity contribution in [2.24, 2.45) is 7.05 Å². The predicted molar refractivity (Wildman–Crippen MR) is 54.9 cm³/mol. The van der Waals surface area contributed by atoms with Crippen LogP contribution in [0.2, 0.25) is 0 Å². The van der Waals surface area contributed by atoms with Crippen LogP contribution in [-0.4, -0.2) is 21.0 Å².